The summed E-state index contributed by atoms with van der Waals surface area (Å²) >= 11 is 0. The van der Waals surface area contributed by atoms with Gasteiger partial charge in [0.15, 0.2) is 0 Å². The molecule has 2 heterocycles. The van der Waals surface area contributed by atoms with Gasteiger partial charge in [-0.05, 0) is 55.7 Å². The van der Waals surface area contributed by atoms with E-state index in [1.807, 2.05) is 13.0 Å². The number of hydrogen-bond donors (Lipinski definition) is 1. The molecule has 21 heavy (non-hydrogen) atoms. The summed E-state index contributed by atoms with van der Waals surface area (Å²) in [6.07, 6.45) is 0.902. The molecular weight excluding hydrogens is 260 g/mol. The number of aryl methyl sites for hydroxylation is 4. The monoisotopic (exact) mass is 280 g/mol. The minimum Gasteiger partial charge on any atom is -0.348 e. The van der Waals surface area contributed by atoms with Crippen LogP contribution in [0.1, 0.15) is 23.7 Å². The highest BCUT2D eigenvalue weighted by atomic mass is 16.1. The van der Waals surface area contributed by atoms with Crippen molar-refractivity contribution in [2.75, 3.05) is 0 Å². The lowest BCUT2D eigenvalue weighted by Crippen LogP contribution is -2.12. The average Bonchev–Trinajstić information content (AvgIpc) is 2.76. The van der Waals surface area contributed by atoms with E-state index in [4.69, 9.17) is 0 Å². The van der Waals surface area contributed by atoms with E-state index in [-0.39, 0.29) is 5.56 Å². The predicted octanol–water partition coefficient (Wildman–Crippen LogP) is 3.71. The van der Waals surface area contributed by atoms with Crippen molar-refractivity contribution in [3.63, 3.8) is 0 Å². The molecular formula is C18H20N2O. The first kappa shape index (κ1) is 13.7. The molecule has 2 aromatic heterocycles. The molecule has 3 rings (SSSR count). The van der Waals surface area contributed by atoms with E-state index in [0.29, 0.717) is 0 Å². The minimum absolute atomic E-state index is 0.00783. The van der Waals surface area contributed by atoms with Crippen LogP contribution in [0.2, 0.25) is 0 Å². The zero-order chi connectivity index (χ0) is 15.1. The molecule has 3 aromatic rings. The van der Waals surface area contributed by atoms with Gasteiger partial charge in [0.25, 0.3) is 5.56 Å². The minimum atomic E-state index is -0.00783. The fraction of sp³-hybridized carbons (Fsp3) is 0.278. The van der Waals surface area contributed by atoms with Crippen LogP contribution in [0.5, 0.6) is 0 Å². The summed E-state index contributed by atoms with van der Waals surface area (Å²) < 4.78 is 2.18. The zero-order valence-electron chi connectivity index (χ0n) is 12.9. The quantitative estimate of drug-likeness (QED) is 0.763. The number of aromatic amines is 1. The lowest BCUT2D eigenvalue weighted by Gasteiger charge is -2.09. The fourth-order valence-electron chi connectivity index (χ4n) is 2.87. The highest BCUT2D eigenvalue weighted by Gasteiger charge is 2.09. The zero-order valence-corrected chi connectivity index (χ0v) is 12.9. The molecule has 0 saturated carbocycles. The summed E-state index contributed by atoms with van der Waals surface area (Å²) in [5.41, 5.74) is 6.40. The third-order valence-corrected chi connectivity index (χ3v) is 4.26. The van der Waals surface area contributed by atoms with Gasteiger partial charge >= 0.3 is 0 Å². The molecule has 1 aromatic carbocycles. The van der Waals surface area contributed by atoms with Crippen molar-refractivity contribution in [1.82, 2.24) is 9.55 Å². The molecule has 0 aliphatic heterocycles. The van der Waals surface area contributed by atoms with Gasteiger partial charge in [-0.1, -0.05) is 13.0 Å². The molecule has 0 aliphatic carbocycles. The number of hydrogen-bond acceptors (Lipinski definition) is 1. The van der Waals surface area contributed by atoms with E-state index in [1.165, 1.54) is 22.2 Å². The number of nitrogens with one attached hydrogen (secondary N) is 1. The van der Waals surface area contributed by atoms with Gasteiger partial charge in [-0.25, -0.2) is 0 Å². The Hall–Kier alpha value is -2.29. The van der Waals surface area contributed by atoms with E-state index < -0.39 is 0 Å². The molecule has 3 nitrogen and oxygen atoms in total. The number of fused-ring (bicyclic) bond motifs is 1. The van der Waals surface area contributed by atoms with E-state index in [2.05, 4.69) is 54.7 Å². The van der Waals surface area contributed by atoms with Crippen molar-refractivity contribution in [2.45, 2.75) is 27.2 Å². The molecule has 0 spiro atoms. The first-order chi connectivity index (χ1) is 10.0. The van der Waals surface area contributed by atoms with Gasteiger partial charge < -0.3 is 9.55 Å². The maximum atomic E-state index is 11.9. The van der Waals surface area contributed by atoms with Gasteiger partial charge in [0.05, 0.1) is 5.69 Å². The highest BCUT2D eigenvalue weighted by molar-refractivity contribution is 5.86. The van der Waals surface area contributed by atoms with E-state index >= 15 is 0 Å². The van der Waals surface area contributed by atoms with Crippen molar-refractivity contribution < 1.29 is 0 Å². The second-order valence-corrected chi connectivity index (χ2v) is 5.65. The van der Waals surface area contributed by atoms with Gasteiger partial charge in [-0.15, -0.1) is 0 Å². The smallest absolute Gasteiger partial charge is 0.251 e. The van der Waals surface area contributed by atoms with Crippen LogP contribution < -0.4 is 5.56 Å². The molecule has 0 atom stereocenters. The predicted molar refractivity (Wildman–Crippen MR) is 87.8 cm³/mol. The Kier molecular flexibility index (Phi) is 3.20. The Morgan fingerprint density at radius 2 is 1.90 bits per heavy atom. The summed E-state index contributed by atoms with van der Waals surface area (Å²) in [7, 11) is 2.07. The van der Waals surface area contributed by atoms with Crippen LogP contribution in [0.25, 0.3) is 22.2 Å². The molecule has 0 radical (unpaired) electrons. The Labute approximate surface area is 124 Å². The number of aromatic nitrogens is 2. The maximum absolute atomic E-state index is 11.9. The van der Waals surface area contributed by atoms with Crippen LogP contribution in [-0.4, -0.2) is 9.55 Å². The average molecular weight is 280 g/mol. The van der Waals surface area contributed by atoms with Crippen molar-refractivity contribution in [2.24, 2.45) is 7.05 Å². The number of nitrogens with zero attached hydrogens (tertiary/aromatic N) is 1. The van der Waals surface area contributed by atoms with Crippen LogP contribution in [0.15, 0.2) is 35.1 Å². The highest BCUT2D eigenvalue weighted by Crippen LogP contribution is 2.27. The topological polar surface area (TPSA) is 37.8 Å². The summed E-state index contributed by atoms with van der Waals surface area (Å²) in [6.45, 7) is 6.07. The molecule has 0 fully saturated rings. The van der Waals surface area contributed by atoms with Crippen LogP contribution in [-0.2, 0) is 13.5 Å². The maximum Gasteiger partial charge on any atom is 0.251 e. The van der Waals surface area contributed by atoms with E-state index in [0.717, 1.165) is 23.2 Å². The van der Waals surface area contributed by atoms with Gasteiger partial charge in [0, 0.05) is 29.2 Å². The molecule has 0 amide bonds. The normalized spacial score (nSPS) is 11.2. The molecule has 108 valence electrons. The van der Waals surface area contributed by atoms with Crippen molar-refractivity contribution in [3.8, 4) is 11.3 Å². The Bertz CT molecular complexity index is 884. The third-order valence-electron chi connectivity index (χ3n) is 4.26. The lowest BCUT2D eigenvalue weighted by molar-refractivity contribution is 0.918. The summed E-state index contributed by atoms with van der Waals surface area (Å²) in [6, 6.07) is 10.5. The molecule has 0 aliphatic rings. The first-order valence-corrected chi connectivity index (χ1v) is 7.30. The Morgan fingerprint density at radius 3 is 2.62 bits per heavy atom. The van der Waals surface area contributed by atoms with Crippen molar-refractivity contribution >= 4 is 10.9 Å². The van der Waals surface area contributed by atoms with Gasteiger partial charge in [0.1, 0.15) is 0 Å². The van der Waals surface area contributed by atoms with Gasteiger partial charge in [0.2, 0.25) is 0 Å². The summed E-state index contributed by atoms with van der Waals surface area (Å²) in [5, 5.41) is 1.20. The van der Waals surface area contributed by atoms with Crippen molar-refractivity contribution in [3.05, 3.63) is 57.5 Å². The number of H-pyrrole nitrogens is 1. The summed E-state index contributed by atoms with van der Waals surface area (Å²) in [5.74, 6) is 0. The number of rotatable bonds is 2. The van der Waals surface area contributed by atoms with Crippen LogP contribution >= 0.6 is 0 Å². The van der Waals surface area contributed by atoms with E-state index in [9.17, 15) is 4.79 Å². The largest absolute Gasteiger partial charge is 0.348 e. The molecule has 0 bridgehead atoms. The lowest BCUT2D eigenvalue weighted by atomic mass is 10.0. The number of benzene rings is 1. The fourth-order valence-corrected chi connectivity index (χ4v) is 2.87. The molecule has 0 unspecified atom stereocenters. The van der Waals surface area contributed by atoms with Gasteiger partial charge in [-0.3, -0.25) is 4.79 Å². The first-order valence-electron chi connectivity index (χ1n) is 7.30. The Balaban J connectivity index is 2.25. The standard InChI is InChI=1S/C18H20N2O/c1-5-13-8-11(2)18(21)19-17(13)14-6-7-16-15(10-14)9-12(3)20(16)4/h6-10H,5H2,1-4H3,(H,19,21). The molecule has 3 heteroatoms. The second kappa shape index (κ2) is 4.92. The Morgan fingerprint density at radius 1 is 1.14 bits per heavy atom. The van der Waals surface area contributed by atoms with Crippen LogP contribution in [0.3, 0.4) is 0 Å². The second-order valence-electron chi connectivity index (χ2n) is 5.65. The van der Waals surface area contributed by atoms with Crippen molar-refractivity contribution in [1.29, 1.82) is 0 Å². The molecule has 0 saturated heterocycles. The van der Waals surface area contributed by atoms with Crippen LogP contribution in [0, 0.1) is 13.8 Å². The van der Waals surface area contributed by atoms with Crippen LogP contribution in [0.4, 0.5) is 0 Å². The number of pyridine rings is 1. The molecule has 1 N–H and O–H groups in total. The third kappa shape index (κ3) is 2.19. The van der Waals surface area contributed by atoms with E-state index in [1.54, 1.807) is 0 Å². The summed E-state index contributed by atoms with van der Waals surface area (Å²) in [4.78, 5) is 15.0. The van der Waals surface area contributed by atoms with Gasteiger partial charge in [-0.2, -0.15) is 0 Å². The SMILES string of the molecule is CCc1cc(C)c(=O)[nH]c1-c1ccc2c(c1)cc(C)n2C.